The van der Waals surface area contributed by atoms with E-state index >= 15 is 0 Å². The second kappa shape index (κ2) is 12.2. The molecule has 11 heteroatoms. The Balaban J connectivity index is 0.00000320. The monoisotopic (exact) mass is 554 g/mol. The van der Waals surface area contributed by atoms with Crippen molar-refractivity contribution in [1.29, 1.82) is 0 Å². The number of likely N-dealkylation sites (tertiary alicyclic amines) is 1. The van der Waals surface area contributed by atoms with Crippen LogP contribution in [0.2, 0.25) is 0 Å². The molecule has 0 aliphatic carbocycles. The van der Waals surface area contributed by atoms with Gasteiger partial charge >= 0.3 is 0 Å². The normalized spacial score (nSPS) is 20.2. The summed E-state index contributed by atoms with van der Waals surface area (Å²) in [6.45, 7) is 11.6. The fourth-order valence-corrected chi connectivity index (χ4v) is 5.32. The van der Waals surface area contributed by atoms with Gasteiger partial charge in [-0.15, -0.1) is 24.0 Å². The largest absolute Gasteiger partial charge is 0.364 e. The molecule has 3 heterocycles. The molecule has 2 fully saturated rings. The fraction of sp³-hybridized carbons (Fsp3) is 0.789. The molecule has 0 saturated carbocycles. The highest BCUT2D eigenvalue weighted by Gasteiger charge is 2.29. The average Bonchev–Trinajstić information content (AvgIpc) is 3.39. The van der Waals surface area contributed by atoms with Gasteiger partial charge in [-0.05, 0) is 38.8 Å². The Bertz CT molecular complexity index is 744. The molecule has 1 aromatic rings. The third-order valence-electron chi connectivity index (χ3n) is 5.41. The average molecular weight is 554 g/mol. The zero-order valence-corrected chi connectivity index (χ0v) is 21.1. The van der Waals surface area contributed by atoms with Gasteiger partial charge in [0.2, 0.25) is 10.0 Å². The first-order valence-corrected chi connectivity index (χ1v) is 12.2. The standard InChI is InChI=1S/C19H34N6O3S.HI/c1-3-20-19(21-14-17(2)15-23-7-4-5-8-23)24-9-11-25(12-10-24)29(26,27)16-18-6-13-28-22-18;/h6,13,17H,3-5,7-12,14-16H2,1-2H3,(H,20,21);1H. The van der Waals surface area contributed by atoms with E-state index < -0.39 is 10.0 Å². The molecule has 0 radical (unpaired) electrons. The summed E-state index contributed by atoms with van der Waals surface area (Å²) in [7, 11) is -3.39. The molecular formula is C19H35IN6O3S. The number of nitrogens with one attached hydrogen (secondary N) is 1. The summed E-state index contributed by atoms with van der Waals surface area (Å²) in [5, 5.41) is 7.08. The van der Waals surface area contributed by atoms with Crippen LogP contribution in [-0.4, -0.2) is 92.5 Å². The van der Waals surface area contributed by atoms with E-state index in [1.54, 1.807) is 6.07 Å². The van der Waals surface area contributed by atoms with Crippen LogP contribution in [0.3, 0.4) is 0 Å². The quantitative estimate of drug-likeness (QED) is 0.295. The number of guanidine groups is 1. The lowest BCUT2D eigenvalue weighted by Crippen LogP contribution is -2.54. The van der Waals surface area contributed by atoms with Crippen LogP contribution in [0.1, 0.15) is 32.4 Å². The number of aliphatic imine (C=N–C) groups is 1. The van der Waals surface area contributed by atoms with Crippen LogP contribution in [0.15, 0.2) is 21.8 Å². The molecule has 0 bridgehead atoms. The first-order chi connectivity index (χ1) is 14.0. The molecule has 2 aliphatic rings. The molecule has 3 rings (SSSR count). The van der Waals surface area contributed by atoms with E-state index in [2.05, 4.69) is 34.1 Å². The number of hydrogen-bond acceptors (Lipinski definition) is 6. The van der Waals surface area contributed by atoms with E-state index in [-0.39, 0.29) is 29.7 Å². The van der Waals surface area contributed by atoms with Gasteiger partial charge in [-0.1, -0.05) is 12.1 Å². The Hall–Kier alpha value is -0.920. The lowest BCUT2D eigenvalue weighted by molar-refractivity contribution is 0.258. The second-order valence-electron chi connectivity index (χ2n) is 7.94. The highest BCUT2D eigenvalue weighted by Crippen LogP contribution is 2.14. The third kappa shape index (κ3) is 7.34. The van der Waals surface area contributed by atoms with Crippen LogP contribution >= 0.6 is 24.0 Å². The highest BCUT2D eigenvalue weighted by atomic mass is 127. The van der Waals surface area contributed by atoms with Crippen LogP contribution < -0.4 is 5.32 Å². The maximum Gasteiger partial charge on any atom is 0.220 e. The molecule has 172 valence electrons. The number of rotatable bonds is 8. The minimum absolute atomic E-state index is 0. The van der Waals surface area contributed by atoms with Crippen molar-refractivity contribution in [2.75, 3.05) is 58.9 Å². The number of aromatic nitrogens is 1. The summed E-state index contributed by atoms with van der Waals surface area (Å²) in [6, 6.07) is 1.59. The SMILES string of the molecule is CCNC(=NCC(C)CN1CCCC1)N1CCN(S(=O)(=O)Cc2ccon2)CC1.I. The summed E-state index contributed by atoms with van der Waals surface area (Å²) in [4.78, 5) is 9.52. The third-order valence-corrected chi connectivity index (χ3v) is 7.22. The molecule has 30 heavy (non-hydrogen) atoms. The van der Waals surface area contributed by atoms with Crippen LogP contribution in [0.4, 0.5) is 0 Å². The summed E-state index contributed by atoms with van der Waals surface area (Å²) >= 11 is 0. The zero-order chi connectivity index (χ0) is 20.7. The Morgan fingerprint density at radius 3 is 2.53 bits per heavy atom. The van der Waals surface area contributed by atoms with Gasteiger partial charge in [-0.3, -0.25) is 4.99 Å². The molecule has 2 saturated heterocycles. The van der Waals surface area contributed by atoms with Crippen molar-refractivity contribution in [1.82, 2.24) is 24.6 Å². The lowest BCUT2D eigenvalue weighted by atomic mass is 10.2. The van der Waals surface area contributed by atoms with Gasteiger partial charge in [0, 0.05) is 51.9 Å². The second-order valence-corrected chi connectivity index (χ2v) is 9.91. The highest BCUT2D eigenvalue weighted by molar-refractivity contribution is 14.0. The van der Waals surface area contributed by atoms with Crippen LogP contribution in [0, 0.1) is 5.92 Å². The summed E-state index contributed by atoms with van der Waals surface area (Å²) in [5.74, 6) is 1.27. The molecule has 0 spiro atoms. The predicted molar refractivity (Wildman–Crippen MR) is 129 cm³/mol. The number of sulfonamides is 1. The number of piperazine rings is 1. The van der Waals surface area contributed by atoms with E-state index in [1.807, 2.05) is 0 Å². The Morgan fingerprint density at radius 2 is 1.93 bits per heavy atom. The van der Waals surface area contributed by atoms with Crippen molar-refractivity contribution >= 4 is 40.0 Å². The first-order valence-electron chi connectivity index (χ1n) is 10.6. The van der Waals surface area contributed by atoms with Crippen LogP contribution in [0.25, 0.3) is 0 Å². The van der Waals surface area contributed by atoms with Gasteiger partial charge in [-0.25, -0.2) is 8.42 Å². The summed E-state index contributed by atoms with van der Waals surface area (Å²) in [6.07, 6.45) is 4.01. The Morgan fingerprint density at radius 1 is 1.23 bits per heavy atom. The Labute approximate surface area is 197 Å². The van der Waals surface area contributed by atoms with E-state index in [4.69, 9.17) is 9.52 Å². The minimum Gasteiger partial charge on any atom is -0.364 e. The molecule has 1 atom stereocenters. The van der Waals surface area contributed by atoms with E-state index in [0.29, 0.717) is 37.8 Å². The molecular weight excluding hydrogens is 519 g/mol. The predicted octanol–water partition coefficient (Wildman–Crippen LogP) is 1.44. The first kappa shape index (κ1) is 25.3. The molecule has 0 amide bonds. The van der Waals surface area contributed by atoms with Crippen molar-refractivity contribution in [2.24, 2.45) is 10.9 Å². The van der Waals surface area contributed by atoms with Crippen molar-refractivity contribution in [3.63, 3.8) is 0 Å². The summed E-state index contributed by atoms with van der Waals surface area (Å²) < 4.78 is 31.5. The van der Waals surface area contributed by atoms with Crippen molar-refractivity contribution < 1.29 is 12.9 Å². The van der Waals surface area contributed by atoms with Crippen LogP contribution in [0.5, 0.6) is 0 Å². The fourth-order valence-electron chi connectivity index (χ4n) is 3.90. The zero-order valence-electron chi connectivity index (χ0n) is 18.0. The number of nitrogens with zero attached hydrogens (tertiary/aromatic N) is 5. The minimum atomic E-state index is -3.39. The molecule has 9 nitrogen and oxygen atoms in total. The maximum atomic E-state index is 12.6. The molecule has 1 aromatic heterocycles. The van der Waals surface area contributed by atoms with E-state index in [1.165, 1.54) is 36.5 Å². The van der Waals surface area contributed by atoms with Crippen molar-refractivity contribution in [3.05, 3.63) is 18.0 Å². The smallest absolute Gasteiger partial charge is 0.220 e. The maximum absolute atomic E-state index is 12.6. The topological polar surface area (TPSA) is 94.3 Å². The van der Waals surface area contributed by atoms with Gasteiger partial charge in [-0.2, -0.15) is 4.31 Å². The van der Waals surface area contributed by atoms with E-state index in [9.17, 15) is 8.42 Å². The molecule has 1 N–H and O–H groups in total. The van der Waals surface area contributed by atoms with Gasteiger partial charge in [0.05, 0.1) is 5.69 Å². The Kier molecular flexibility index (Phi) is 10.3. The molecule has 1 unspecified atom stereocenters. The molecule has 2 aliphatic heterocycles. The van der Waals surface area contributed by atoms with Crippen molar-refractivity contribution in [2.45, 2.75) is 32.4 Å². The lowest BCUT2D eigenvalue weighted by Gasteiger charge is -2.36. The van der Waals surface area contributed by atoms with Crippen LogP contribution in [-0.2, 0) is 15.8 Å². The van der Waals surface area contributed by atoms with Gasteiger partial charge < -0.3 is 19.6 Å². The number of hydrogen-bond donors (Lipinski definition) is 1. The van der Waals surface area contributed by atoms with Crippen molar-refractivity contribution in [3.8, 4) is 0 Å². The van der Waals surface area contributed by atoms with Gasteiger partial charge in [0.25, 0.3) is 0 Å². The summed E-state index contributed by atoms with van der Waals surface area (Å²) in [5.41, 5.74) is 0.439. The van der Waals surface area contributed by atoms with E-state index in [0.717, 1.165) is 25.6 Å². The van der Waals surface area contributed by atoms with Gasteiger partial charge in [0.15, 0.2) is 5.96 Å². The van der Waals surface area contributed by atoms with Gasteiger partial charge in [0.1, 0.15) is 12.0 Å². The number of halogens is 1. The molecule has 0 aromatic carbocycles.